The van der Waals surface area contributed by atoms with Crippen LogP contribution in [0.5, 0.6) is 0 Å². The highest BCUT2D eigenvalue weighted by atomic mass is 35.5. The lowest BCUT2D eigenvalue weighted by molar-refractivity contribution is -0.113. The van der Waals surface area contributed by atoms with Crippen LogP contribution in [0.4, 0.5) is 0 Å². The largest absolute Gasteiger partial charge is 0.366 e. The second-order valence-electron chi connectivity index (χ2n) is 6.85. The van der Waals surface area contributed by atoms with E-state index < -0.39 is 5.91 Å². The molecule has 7 heteroatoms. The van der Waals surface area contributed by atoms with Crippen LogP contribution in [0, 0.1) is 12.8 Å². The number of nitrogens with zero attached hydrogens (tertiary/aromatic N) is 1. The third-order valence-corrected chi connectivity index (χ3v) is 4.31. The van der Waals surface area contributed by atoms with Crippen molar-refractivity contribution in [1.29, 1.82) is 0 Å². The van der Waals surface area contributed by atoms with Crippen molar-refractivity contribution in [3.63, 3.8) is 0 Å². The minimum atomic E-state index is -0.491. The Bertz CT molecular complexity index is 818. The van der Waals surface area contributed by atoms with Crippen molar-refractivity contribution in [2.45, 2.75) is 40.3 Å². The van der Waals surface area contributed by atoms with Gasteiger partial charge in [-0.15, -0.1) is 24.8 Å². The second kappa shape index (κ2) is 11.8. The molecule has 0 fully saturated rings. The fraction of sp³-hybridized carbons (Fsp3) is 0.333. The molecule has 1 amide bonds. The summed E-state index contributed by atoms with van der Waals surface area (Å²) in [6, 6.07) is 8.10. The van der Waals surface area contributed by atoms with Crippen LogP contribution in [-0.2, 0) is 24.3 Å². The molecule has 0 saturated heterocycles. The van der Waals surface area contributed by atoms with E-state index in [-0.39, 0.29) is 24.8 Å². The van der Waals surface area contributed by atoms with Crippen molar-refractivity contribution in [1.82, 2.24) is 4.98 Å². The van der Waals surface area contributed by atoms with Crippen LogP contribution in [0.3, 0.4) is 0 Å². The number of halogens is 2. The zero-order valence-corrected chi connectivity index (χ0v) is 18.2. The summed E-state index contributed by atoms with van der Waals surface area (Å²) < 4.78 is 0. The molecule has 6 N–H and O–H groups in total. The lowest BCUT2D eigenvalue weighted by Crippen LogP contribution is -2.12. The monoisotopic (exact) mass is 424 g/mol. The number of primary amides is 1. The molecule has 0 bridgehead atoms. The van der Waals surface area contributed by atoms with Gasteiger partial charge in [-0.25, -0.2) is 0 Å². The topological polar surface area (TPSA) is 108 Å². The van der Waals surface area contributed by atoms with E-state index in [0.717, 1.165) is 45.6 Å². The van der Waals surface area contributed by atoms with Crippen LogP contribution < -0.4 is 17.2 Å². The summed E-state index contributed by atoms with van der Waals surface area (Å²) in [5, 5.41) is 0. The van der Waals surface area contributed by atoms with Gasteiger partial charge in [-0.3, -0.25) is 9.78 Å². The molecule has 2 rings (SSSR count). The maximum atomic E-state index is 11.3. The molecule has 5 nitrogen and oxygen atoms in total. The van der Waals surface area contributed by atoms with Gasteiger partial charge < -0.3 is 17.2 Å². The molecule has 0 unspecified atom stereocenters. The molecule has 0 spiro atoms. The van der Waals surface area contributed by atoms with Crippen molar-refractivity contribution in [3.8, 4) is 11.1 Å². The minimum absolute atomic E-state index is 0. The fourth-order valence-corrected chi connectivity index (χ4v) is 3.10. The molecule has 2 aromatic rings. The van der Waals surface area contributed by atoms with Gasteiger partial charge >= 0.3 is 0 Å². The molecule has 0 saturated carbocycles. The van der Waals surface area contributed by atoms with Gasteiger partial charge in [0.1, 0.15) is 0 Å². The number of nitrogens with two attached hydrogens (primary N) is 3. The van der Waals surface area contributed by atoms with Gasteiger partial charge in [-0.1, -0.05) is 38.1 Å². The van der Waals surface area contributed by atoms with E-state index in [1.54, 1.807) is 6.08 Å². The smallest absolute Gasteiger partial charge is 0.241 e. The molecule has 0 radical (unpaired) electrons. The number of carbonyl (C=O) groups excluding carboxylic acids is 1. The van der Waals surface area contributed by atoms with Crippen molar-refractivity contribution in [2.24, 2.45) is 23.1 Å². The summed E-state index contributed by atoms with van der Waals surface area (Å²) >= 11 is 0. The molecular formula is C21H30Cl2N4O. The Hall–Kier alpha value is -1.92. The molecule has 0 atom stereocenters. The molecule has 1 aromatic heterocycles. The molecular weight excluding hydrogens is 395 g/mol. The predicted octanol–water partition coefficient (Wildman–Crippen LogP) is 3.52. The Kier molecular flexibility index (Phi) is 11.0. The molecule has 0 aliphatic rings. The van der Waals surface area contributed by atoms with E-state index in [0.29, 0.717) is 19.0 Å². The summed E-state index contributed by atoms with van der Waals surface area (Å²) in [4.78, 5) is 16.0. The molecule has 154 valence electrons. The average molecular weight is 425 g/mol. The minimum Gasteiger partial charge on any atom is -0.366 e. The van der Waals surface area contributed by atoms with Crippen LogP contribution in [-0.4, -0.2) is 10.9 Å². The van der Waals surface area contributed by atoms with Crippen molar-refractivity contribution in [3.05, 3.63) is 58.4 Å². The number of carbonyl (C=O) groups is 1. The first-order chi connectivity index (χ1) is 12.4. The fourth-order valence-electron chi connectivity index (χ4n) is 3.10. The number of aromatic nitrogens is 1. The Balaban J connectivity index is 0.00000364. The van der Waals surface area contributed by atoms with Crippen LogP contribution in [0.15, 0.2) is 30.3 Å². The van der Waals surface area contributed by atoms with E-state index in [9.17, 15) is 4.79 Å². The van der Waals surface area contributed by atoms with Gasteiger partial charge in [0.15, 0.2) is 0 Å². The van der Waals surface area contributed by atoms with E-state index >= 15 is 0 Å². The highest BCUT2D eigenvalue weighted by Gasteiger charge is 2.18. The van der Waals surface area contributed by atoms with Crippen LogP contribution in [0.2, 0.25) is 0 Å². The number of hydrogen-bond acceptors (Lipinski definition) is 4. The SMILES string of the molecule is Cc1nc(CC(C)C)c(CN)c(-c2ccc(CN)cc2)c1/C=C/C(N)=O.Cl.Cl. The van der Waals surface area contributed by atoms with Crippen molar-refractivity contribution in [2.75, 3.05) is 0 Å². The Morgan fingerprint density at radius 1 is 1.11 bits per heavy atom. The Morgan fingerprint density at radius 2 is 1.71 bits per heavy atom. The number of hydrogen-bond donors (Lipinski definition) is 3. The summed E-state index contributed by atoms with van der Waals surface area (Å²) in [6.07, 6.45) is 3.94. The van der Waals surface area contributed by atoms with Crippen LogP contribution in [0.1, 0.15) is 41.9 Å². The zero-order chi connectivity index (χ0) is 19.3. The lowest BCUT2D eigenvalue weighted by atomic mass is 9.89. The summed E-state index contributed by atoms with van der Waals surface area (Å²) in [6.45, 7) is 7.14. The van der Waals surface area contributed by atoms with Crippen LogP contribution in [0.25, 0.3) is 17.2 Å². The van der Waals surface area contributed by atoms with Gasteiger partial charge in [0, 0.05) is 36.1 Å². The maximum Gasteiger partial charge on any atom is 0.241 e. The van der Waals surface area contributed by atoms with Gasteiger partial charge in [0.25, 0.3) is 0 Å². The van der Waals surface area contributed by atoms with Gasteiger partial charge in [-0.05, 0) is 47.6 Å². The summed E-state index contributed by atoms with van der Waals surface area (Å²) in [7, 11) is 0. The highest BCUT2D eigenvalue weighted by molar-refractivity contribution is 5.92. The lowest BCUT2D eigenvalue weighted by Gasteiger charge is -2.19. The number of rotatable bonds is 7. The molecule has 0 aliphatic heterocycles. The van der Waals surface area contributed by atoms with E-state index in [1.807, 2.05) is 31.2 Å². The van der Waals surface area contributed by atoms with E-state index in [2.05, 4.69) is 13.8 Å². The number of pyridine rings is 1. The molecule has 0 aliphatic carbocycles. The number of amides is 1. The average Bonchev–Trinajstić information content (AvgIpc) is 2.59. The molecule has 1 aromatic carbocycles. The third kappa shape index (κ3) is 6.31. The summed E-state index contributed by atoms with van der Waals surface area (Å²) in [5.41, 5.74) is 24.0. The highest BCUT2D eigenvalue weighted by Crippen LogP contribution is 2.33. The quantitative estimate of drug-likeness (QED) is 0.590. The second-order valence-corrected chi connectivity index (χ2v) is 6.85. The first kappa shape index (κ1) is 26.1. The van der Waals surface area contributed by atoms with Crippen molar-refractivity contribution < 1.29 is 4.79 Å². The Morgan fingerprint density at radius 3 is 2.18 bits per heavy atom. The maximum absolute atomic E-state index is 11.3. The van der Waals surface area contributed by atoms with E-state index in [4.69, 9.17) is 22.2 Å². The first-order valence-electron chi connectivity index (χ1n) is 8.86. The predicted molar refractivity (Wildman–Crippen MR) is 121 cm³/mol. The molecule has 28 heavy (non-hydrogen) atoms. The Labute approximate surface area is 179 Å². The molecule has 1 heterocycles. The van der Waals surface area contributed by atoms with Gasteiger partial charge in [0.2, 0.25) is 5.91 Å². The normalized spacial score (nSPS) is 10.6. The van der Waals surface area contributed by atoms with Crippen molar-refractivity contribution >= 4 is 36.8 Å². The van der Waals surface area contributed by atoms with E-state index in [1.165, 1.54) is 6.08 Å². The zero-order valence-electron chi connectivity index (χ0n) is 16.6. The standard InChI is InChI=1S/C21H28N4O.2ClH/c1-13(2)10-19-18(12-23)21(16-6-4-15(11-22)5-7-16)17(14(3)25-19)8-9-20(24)26;;/h4-9,13H,10-12,22-23H2,1-3H3,(H2,24,26);2*1H/b9-8+;;. The van der Waals surface area contributed by atoms with Gasteiger partial charge in [0.05, 0.1) is 0 Å². The summed E-state index contributed by atoms with van der Waals surface area (Å²) in [5.74, 6) is -0.0268. The number of benzene rings is 1. The third-order valence-electron chi connectivity index (χ3n) is 4.31. The first-order valence-corrected chi connectivity index (χ1v) is 8.86. The van der Waals surface area contributed by atoms with Crippen LogP contribution >= 0.6 is 24.8 Å². The van der Waals surface area contributed by atoms with Gasteiger partial charge in [-0.2, -0.15) is 0 Å². The number of aryl methyl sites for hydroxylation is 1.